The van der Waals surface area contributed by atoms with Crippen molar-refractivity contribution in [2.45, 2.75) is 31.8 Å². The molecule has 1 aromatic carbocycles. The lowest BCUT2D eigenvalue weighted by atomic mass is 10.0. The minimum absolute atomic E-state index is 0.397. The van der Waals surface area contributed by atoms with Gasteiger partial charge in [-0.25, -0.2) is 4.98 Å². The van der Waals surface area contributed by atoms with Gasteiger partial charge in [0.15, 0.2) is 0 Å². The highest BCUT2D eigenvalue weighted by atomic mass is 16.3. The second-order valence-corrected chi connectivity index (χ2v) is 4.87. The van der Waals surface area contributed by atoms with Crippen LogP contribution >= 0.6 is 0 Å². The largest absolute Gasteiger partial charge is 0.387 e. The average Bonchev–Trinajstić information content (AvgIpc) is 2.62. The lowest BCUT2D eigenvalue weighted by Crippen LogP contribution is -2.03. The molecule has 1 aromatic heterocycles. The molecule has 2 heteroatoms. The number of aryl methyl sites for hydroxylation is 1. The zero-order chi connectivity index (χ0) is 12.4. The summed E-state index contributed by atoms with van der Waals surface area (Å²) in [5, 5.41) is 10.2. The standard InChI is InChI=1S/C16H17NO/c18-15-9-5-4-8-13-10-11-14(17-16(13)15)12-6-2-1-3-7-12/h1-3,6-7,10-11,15,18H,4-5,8-9H2/t15-/m0/s1. The minimum atomic E-state index is -0.397. The third-order valence-corrected chi connectivity index (χ3v) is 3.57. The van der Waals surface area contributed by atoms with Crippen molar-refractivity contribution in [2.75, 3.05) is 0 Å². The van der Waals surface area contributed by atoms with E-state index >= 15 is 0 Å². The first kappa shape index (κ1) is 11.4. The van der Waals surface area contributed by atoms with Crippen molar-refractivity contribution >= 4 is 0 Å². The fraction of sp³-hybridized carbons (Fsp3) is 0.312. The number of pyridine rings is 1. The second-order valence-electron chi connectivity index (χ2n) is 4.87. The molecule has 18 heavy (non-hydrogen) atoms. The van der Waals surface area contributed by atoms with Crippen molar-refractivity contribution in [1.29, 1.82) is 0 Å². The lowest BCUT2D eigenvalue weighted by Gasteiger charge is -2.12. The molecular weight excluding hydrogens is 222 g/mol. The summed E-state index contributed by atoms with van der Waals surface area (Å²) in [6.07, 6.45) is 3.70. The number of hydrogen-bond acceptors (Lipinski definition) is 2. The van der Waals surface area contributed by atoms with Crippen LogP contribution in [-0.2, 0) is 6.42 Å². The van der Waals surface area contributed by atoms with Gasteiger partial charge in [0, 0.05) is 5.56 Å². The molecule has 3 rings (SSSR count). The molecular formula is C16H17NO. The molecule has 0 saturated carbocycles. The smallest absolute Gasteiger partial charge is 0.0962 e. The van der Waals surface area contributed by atoms with E-state index in [1.807, 2.05) is 18.2 Å². The lowest BCUT2D eigenvalue weighted by molar-refractivity contribution is 0.162. The number of hydrogen-bond donors (Lipinski definition) is 1. The van der Waals surface area contributed by atoms with Gasteiger partial charge < -0.3 is 5.11 Å². The first-order valence-electron chi connectivity index (χ1n) is 6.58. The Hall–Kier alpha value is -1.67. The monoisotopic (exact) mass is 239 g/mol. The van der Waals surface area contributed by atoms with E-state index in [-0.39, 0.29) is 0 Å². The van der Waals surface area contributed by atoms with E-state index in [9.17, 15) is 5.11 Å². The number of aliphatic hydroxyl groups is 1. The van der Waals surface area contributed by atoms with Gasteiger partial charge in [-0.3, -0.25) is 0 Å². The van der Waals surface area contributed by atoms with Gasteiger partial charge in [0.1, 0.15) is 0 Å². The molecule has 2 nitrogen and oxygen atoms in total. The number of fused-ring (bicyclic) bond motifs is 1. The fourth-order valence-electron chi connectivity index (χ4n) is 2.56. The van der Waals surface area contributed by atoms with Crippen LogP contribution in [0.3, 0.4) is 0 Å². The molecule has 0 amide bonds. The Morgan fingerprint density at radius 3 is 2.67 bits per heavy atom. The molecule has 0 saturated heterocycles. The molecule has 0 radical (unpaired) electrons. The minimum Gasteiger partial charge on any atom is -0.387 e. The average molecular weight is 239 g/mol. The van der Waals surface area contributed by atoms with Crippen molar-refractivity contribution in [2.24, 2.45) is 0 Å². The molecule has 0 bridgehead atoms. The highest BCUT2D eigenvalue weighted by Gasteiger charge is 2.18. The van der Waals surface area contributed by atoms with Crippen molar-refractivity contribution in [3.05, 3.63) is 53.7 Å². The Labute approximate surface area is 107 Å². The van der Waals surface area contributed by atoms with Gasteiger partial charge in [-0.05, 0) is 30.9 Å². The molecule has 0 aliphatic heterocycles. The molecule has 1 aliphatic rings. The van der Waals surface area contributed by atoms with E-state index in [2.05, 4.69) is 29.2 Å². The van der Waals surface area contributed by atoms with Crippen LogP contribution in [0.5, 0.6) is 0 Å². The normalized spacial score (nSPS) is 19.1. The summed E-state index contributed by atoms with van der Waals surface area (Å²) in [5.41, 5.74) is 4.15. The molecule has 0 spiro atoms. The van der Waals surface area contributed by atoms with Crippen LogP contribution in [-0.4, -0.2) is 10.1 Å². The predicted octanol–water partition coefficient (Wildman–Crippen LogP) is 3.51. The Balaban J connectivity index is 2.04. The van der Waals surface area contributed by atoms with Crippen molar-refractivity contribution in [3.63, 3.8) is 0 Å². The van der Waals surface area contributed by atoms with Crippen LogP contribution in [0.1, 0.15) is 36.6 Å². The van der Waals surface area contributed by atoms with Crippen LogP contribution in [0.15, 0.2) is 42.5 Å². The molecule has 2 aromatic rings. The van der Waals surface area contributed by atoms with Gasteiger partial charge in [-0.2, -0.15) is 0 Å². The Bertz CT molecular complexity index is 536. The molecule has 1 atom stereocenters. The third-order valence-electron chi connectivity index (χ3n) is 3.57. The summed E-state index contributed by atoms with van der Waals surface area (Å²) >= 11 is 0. The number of aliphatic hydroxyl groups excluding tert-OH is 1. The van der Waals surface area contributed by atoms with Crippen molar-refractivity contribution < 1.29 is 5.11 Å². The molecule has 1 N–H and O–H groups in total. The quantitative estimate of drug-likeness (QED) is 0.772. The third kappa shape index (κ3) is 2.16. The van der Waals surface area contributed by atoms with Crippen molar-refractivity contribution in [3.8, 4) is 11.3 Å². The van der Waals surface area contributed by atoms with E-state index in [1.54, 1.807) is 0 Å². The van der Waals surface area contributed by atoms with Crippen LogP contribution in [0, 0.1) is 0 Å². The molecule has 0 fully saturated rings. The SMILES string of the molecule is O[C@H]1CCCCc2ccc(-c3ccccc3)nc21. The van der Waals surface area contributed by atoms with Crippen LogP contribution in [0.2, 0.25) is 0 Å². The second kappa shape index (κ2) is 4.91. The number of rotatable bonds is 1. The van der Waals surface area contributed by atoms with E-state index in [0.717, 1.165) is 42.6 Å². The Kier molecular flexibility index (Phi) is 3.11. The number of nitrogens with zero attached hydrogens (tertiary/aromatic N) is 1. The van der Waals surface area contributed by atoms with E-state index in [0.29, 0.717) is 0 Å². The summed E-state index contributed by atoms with van der Waals surface area (Å²) in [7, 11) is 0. The molecule has 0 unspecified atom stereocenters. The van der Waals surface area contributed by atoms with Crippen LogP contribution in [0.25, 0.3) is 11.3 Å². The predicted molar refractivity (Wildman–Crippen MR) is 72.2 cm³/mol. The van der Waals surface area contributed by atoms with Gasteiger partial charge in [0.2, 0.25) is 0 Å². The van der Waals surface area contributed by atoms with E-state index < -0.39 is 6.10 Å². The maximum Gasteiger partial charge on any atom is 0.0962 e. The highest BCUT2D eigenvalue weighted by molar-refractivity contribution is 5.59. The molecule has 92 valence electrons. The van der Waals surface area contributed by atoms with E-state index in [4.69, 9.17) is 0 Å². The highest BCUT2D eigenvalue weighted by Crippen LogP contribution is 2.29. The maximum absolute atomic E-state index is 10.2. The molecule has 1 heterocycles. The van der Waals surface area contributed by atoms with Gasteiger partial charge >= 0.3 is 0 Å². The Morgan fingerprint density at radius 2 is 1.83 bits per heavy atom. The first-order valence-corrected chi connectivity index (χ1v) is 6.58. The summed E-state index contributed by atoms with van der Waals surface area (Å²) in [6, 6.07) is 14.3. The summed E-state index contributed by atoms with van der Waals surface area (Å²) in [5.74, 6) is 0. The maximum atomic E-state index is 10.2. The number of aromatic nitrogens is 1. The topological polar surface area (TPSA) is 33.1 Å². The molecule has 1 aliphatic carbocycles. The zero-order valence-corrected chi connectivity index (χ0v) is 10.3. The number of benzene rings is 1. The van der Waals surface area contributed by atoms with Crippen LogP contribution < -0.4 is 0 Å². The summed E-state index contributed by atoms with van der Waals surface area (Å²) in [4.78, 5) is 4.67. The zero-order valence-electron chi connectivity index (χ0n) is 10.3. The summed E-state index contributed by atoms with van der Waals surface area (Å²) < 4.78 is 0. The first-order chi connectivity index (χ1) is 8.84. The van der Waals surface area contributed by atoms with Crippen LogP contribution in [0.4, 0.5) is 0 Å². The fourth-order valence-corrected chi connectivity index (χ4v) is 2.56. The van der Waals surface area contributed by atoms with Gasteiger partial charge in [0.25, 0.3) is 0 Å². The van der Waals surface area contributed by atoms with Crippen molar-refractivity contribution in [1.82, 2.24) is 4.98 Å². The Morgan fingerprint density at radius 1 is 1.00 bits per heavy atom. The van der Waals surface area contributed by atoms with Gasteiger partial charge in [0.05, 0.1) is 17.5 Å². The van der Waals surface area contributed by atoms with E-state index in [1.165, 1.54) is 5.56 Å². The summed E-state index contributed by atoms with van der Waals surface area (Å²) in [6.45, 7) is 0. The van der Waals surface area contributed by atoms with Gasteiger partial charge in [-0.1, -0.05) is 42.8 Å². The van der Waals surface area contributed by atoms with Gasteiger partial charge in [-0.15, -0.1) is 0 Å².